The third-order valence-corrected chi connectivity index (χ3v) is 12.9. The Bertz CT molecular complexity index is 2710. The number of nitrogens with zero attached hydrogens (tertiary/aromatic N) is 8. The summed E-state index contributed by atoms with van der Waals surface area (Å²) in [7, 11) is 0. The number of anilines is 3. The number of imide groups is 2. The highest BCUT2D eigenvalue weighted by molar-refractivity contribution is 6.23. The third-order valence-electron chi connectivity index (χ3n) is 12.9. The van der Waals surface area contributed by atoms with Gasteiger partial charge >= 0.3 is 0 Å². The molecule has 3 N–H and O–H groups in total. The van der Waals surface area contributed by atoms with E-state index in [0.29, 0.717) is 78.2 Å². The molecule has 0 radical (unpaired) electrons. The first-order chi connectivity index (χ1) is 34.7. The number of halogens is 1. The van der Waals surface area contributed by atoms with E-state index in [9.17, 15) is 28.4 Å². The lowest BCUT2D eigenvalue weighted by atomic mass is 10.0. The molecule has 3 saturated heterocycles. The highest BCUT2D eigenvalue weighted by Gasteiger charge is 2.44. The molecule has 0 saturated carbocycles. The summed E-state index contributed by atoms with van der Waals surface area (Å²) in [6.45, 7) is 7.98. The lowest BCUT2D eigenvalue weighted by molar-refractivity contribution is -0.136. The van der Waals surface area contributed by atoms with Crippen molar-refractivity contribution in [2.75, 3.05) is 120 Å². The molecular weight excluding hydrogens is 918 g/mol. The van der Waals surface area contributed by atoms with Crippen LogP contribution in [0.2, 0.25) is 0 Å². The minimum absolute atomic E-state index is 0.0493. The third kappa shape index (κ3) is 12.0. The summed E-state index contributed by atoms with van der Waals surface area (Å²) >= 11 is 0. The molecule has 0 aliphatic carbocycles. The topological polar surface area (TPSA) is 214 Å². The number of imidazole rings is 1. The highest BCUT2D eigenvalue weighted by atomic mass is 19.1. The number of carbonyl (C=O) groups is 5. The van der Waals surface area contributed by atoms with Gasteiger partial charge in [0.2, 0.25) is 17.7 Å². The Morgan fingerprint density at radius 2 is 1.46 bits per heavy atom. The first-order valence-corrected chi connectivity index (χ1v) is 24.2. The summed E-state index contributed by atoms with van der Waals surface area (Å²) in [6, 6.07) is 20.6. The lowest BCUT2D eigenvalue weighted by Gasteiger charge is -2.35. The monoisotopic (exact) mass is 975 g/mol. The van der Waals surface area contributed by atoms with Gasteiger partial charge in [-0.25, -0.2) is 18.9 Å². The predicted molar refractivity (Wildman–Crippen MR) is 258 cm³/mol. The van der Waals surface area contributed by atoms with Gasteiger partial charge in [0.1, 0.15) is 29.2 Å². The average Bonchev–Trinajstić information content (AvgIpc) is 4.10. The average molecular weight is 976 g/mol. The van der Waals surface area contributed by atoms with E-state index in [-0.39, 0.29) is 41.7 Å². The molecule has 21 heteroatoms. The van der Waals surface area contributed by atoms with Gasteiger partial charge in [-0.2, -0.15) is 0 Å². The van der Waals surface area contributed by atoms with Crippen LogP contribution in [0.1, 0.15) is 58.0 Å². The Balaban J connectivity index is 0.592. The summed E-state index contributed by atoms with van der Waals surface area (Å²) in [5.74, 6) is -0.792. The summed E-state index contributed by atoms with van der Waals surface area (Å²) in [5, 5.41) is 13.3. The first-order valence-electron chi connectivity index (χ1n) is 24.2. The number of benzene rings is 2. The summed E-state index contributed by atoms with van der Waals surface area (Å²) < 4.78 is 38.3. The number of hydrogen-bond donors (Lipinski definition) is 3. The second-order valence-electron chi connectivity index (χ2n) is 17.6. The first kappa shape index (κ1) is 49.1. The fraction of sp³-hybridized carbons (Fsp3) is 0.440. The molecule has 3 aromatic heterocycles. The number of rotatable bonds is 23. The molecule has 2 aromatic carbocycles. The normalized spacial score (nSPS) is 18.4. The molecule has 71 heavy (non-hydrogen) atoms. The van der Waals surface area contributed by atoms with Gasteiger partial charge < -0.3 is 39.4 Å². The molecule has 1 unspecified atom stereocenters. The van der Waals surface area contributed by atoms with Gasteiger partial charge in [-0.05, 0) is 79.4 Å². The number of fused-ring (bicyclic) bond motifs is 2. The van der Waals surface area contributed by atoms with Gasteiger partial charge in [-0.15, -0.1) is 5.10 Å². The van der Waals surface area contributed by atoms with Crippen molar-refractivity contribution in [1.29, 1.82) is 0 Å². The van der Waals surface area contributed by atoms with Crippen molar-refractivity contribution in [2.24, 2.45) is 0 Å². The van der Waals surface area contributed by atoms with Crippen molar-refractivity contribution in [1.82, 2.24) is 40.0 Å². The minimum atomic E-state index is -1.01. The van der Waals surface area contributed by atoms with Gasteiger partial charge in [0.05, 0.1) is 88.5 Å². The summed E-state index contributed by atoms with van der Waals surface area (Å²) in [4.78, 5) is 79.6. The molecule has 0 spiro atoms. The maximum Gasteiger partial charge on any atom is 0.262 e. The highest BCUT2D eigenvalue weighted by Crippen LogP contribution is 2.36. The Kier molecular flexibility index (Phi) is 16.1. The molecule has 2 atom stereocenters. The van der Waals surface area contributed by atoms with Crippen molar-refractivity contribution in [2.45, 2.75) is 37.8 Å². The standard InChI is InChI=1S/C50H58FN11O9/c51-35-5-1-4-34(30-35)40-7-3-17-60(40)45-13-12-43-54-32-42(62(43)57-45)39-6-2-8-44(55-39)59-20-18-58(19-21-59)33-47(64)53-16-23-69-25-27-71-29-28-70-26-24-68-22-15-52-36-9-10-37-38(31-36)50(67)61(49(37)66)41-11-14-46(63)56-48(41)65/h1-2,4-6,8-10,12-13,30-32,40-41,52H,3,7,11,14-29,33H2,(H,53,64)(H,56,63,65)/t40-,41?/m1/s1. The van der Waals surface area contributed by atoms with Crippen LogP contribution in [0.3, 0.4) is 0 Å². The van der Waals surface area contributed by atoms with Crippen LogP contribution >= 0.6 is 0 Å². The lowest BCUT2D eigenvalue weighted by Crippen LogP contribution is -2.54. The van der Waals surface area contributed by atoms with Crippen LogP contribution < -0.4 is 25.8 Å². The maximum absolute atomic E-state index is 14.1. The molecule has 4 aliphatic rings. The molecule has 374 valence electrons. The second kappa shape index (κ2) is 23.3. The van der Waals surface area contributed by atoms with E-state index in [1.807, 2.05) is 40.9 Å². The van der Waals surface area contributed by atoms with Crippen LogP contribution in [-0.4, -0.2) is 170 Å². The molecule has 4 aliphatic heterocycles. The molecule has 9 rings (SSSR count). The van der Waals surface area contributed by atoms with Crippen LogP contribution in [0, 0.1) is 5.82 Å². The second-order valence-corrected chi connectivity index (χ2v) is 17.6. The fourth-order valence-electron chi connectivity index (χ4n) is 9.30. The Labute approximate surface area is 409 Å². The van der Waals surface area contributed by atoms with Crippen molar-refractivity contribution in [3.05, 3.63) is 102 Å². The molecule has 5 aromatic rings. The van der Waals surface area contributed by atoms with E-state index in [4.69, 9.17) is 29.0 Å². The van der Waals surface area contributed by atoms with Gasteiger partial charge in [-0.3, -0.25) is 39.1 Å². The zero-order valence-corrected chi connectivity index (χ0v) is 39.4. The van der Waals surface area contributed by atoms with E-state index >= 15 is 0 Å². The van der Waals surface area contributed by atoms with Crippen LogP contribution in [0.15, 0.2) is 79.0 Å². The molecule has 5 amide bonds. The Morgan fingerprint density at radius 1 is 0.732 bits per heavy atom. The van der Waals surface area contributed by atoms with E-state index in [0.717, 1.165) is 84.7 Å². The number of hydrogen-bond acceptors (Lipinski definition) is 16. The molecule has 20 nitrogen and oxygen atoms in total. The maximum atomic E-state index is 14.1. The number of pyridine rings is 1. The van der Waals surface area contributed by atoms with Gasteiger partial charge in [0.25, 0.3) is 11.8 Å². The van der Waals surface area contributed by atoms with Crippen molar-refractivity contribution in [3.63, 3.8) is 0 Å². The predicted octanol–water partition coefficient (Wildman–Crippen LogP) is 3.09. The number of aromatic nitrogens is 4. The zero-order chi connectivity index (χ0) is 49.1. The van der Waals surface area contributed by atoms with Crippen molar-refractivity contribution >= 4 is 52.5 Å². The van der Waals surface area contributed by atoms with E-state index in [2.05, 4.69) is 35.6 Å². The van der Waals surface area contributed by atoms with Crippen molar-refractivity contribution < 1.29 is 47.3 Å². The van der Waals surface area contributed by atoms with E-state index in [1.54, 1.807) is 36.5 Å². The number of piperidine rings is 1. The smallest absolute Gasteiger partial charge is 0.262 e. The molecule has 0 bridgehead atoms. The number of amides is 5. The van der Waals surface area contributed by atoms with Crippen molar-refractivity contribution in [3.8, 4) is 11.4 Å². The summed E-state index contributed by atoms with van der Waals surface area (Å²) in [5.41, 5.74) is 4.27. The molecular formula is C50H58FN11O9. The summed E-state index contributed by atoms with van der Waals surface area (Å²) in [6.07, 6.45) is 3.89. The van der Waals surface area contributed by atoms with E-state index in [1.165, 1.54) is 6.07 Å². The molecule has 3 fully saturated rings. The van der Waals surface area contributed by atoms with Gasteiger partial charge in [0, 0.05) is 57.9 Å². The number of carbonyl (C=O) groups excluding carboxylic acids is 5. The van der Waals surface area contributed by atoms with Crippen LogP contribution in [0.5, 0.6) is 0 Å². The fourth-order valence-corrected chi connectivity index (χ4v) is 9.30. The Hall–Kier alpha value is -6.91. The largest absolute Gasteiger partial charge is 0.383 e. The number of ether oxygens (including phenoxy) is 4. The SMILES string of the molecule is O=C(CN1CCN(c2cccc(-c3cnc4ccc(N5CCC[C@@H]5c5cccc(F)c5)nn34)n2)CC1)NCCOCCOCCOCCOCCNc1ccc2c(c1)C(=O)N(C1CCC(=O)NC1=O)C2=O. The number of piperazine rings is 1. The molecule has 7 heterocycles. The Morgan fingerprint density at radius 3 is 2.23 bits per heavy atom. The minimum Gasteiger partial charge on any atom is -0.383 e. The number of nitrogens with one attached hydrogen (secondary N) is 3. The zero-order valence-electron chi connectivity index (χ0n) is 39.4. The van der Waals surface area contributed by atoms with Crippen LogP contribution in [0.25, 0.3) is 17.0 Å². The quantitative estimate of drug-likeness (QED) is 0.0634. The van der Waals surface area contributed by atoms with Crippen LogP contribution in [-0.2, 0) is 33.3 Å². The van der Waals surface area contributed by atoms with Gasteiger partial charge in [-0.1, -0.05) is 18.2 Å². The van der Waals surface area contributed by atoms with E-state index < -0.39 is 29.7 Å². The van der Waals surface area contributed by atoms with Gasteiger partial charge in [0.15, 0.2) is 5.65 Å². The van der Waals surface area contributed by atoms with Crippen LogP contribution in [0.4, 0.5) is 21.7 Å².